The maximum atomic E-state index is 11.0. The highest BCUT2D eigenvalue weighted by molar-refractivity contribution is 5.47. The number of nitrogens with zero attached hydrogens (tertiary/aromatic N) is 3. The van der Waals surface area contributed by atoms with Crippen LogP contribution >= 0.6 is 0 Å². The lowest BCUT2D eigenvalue weighted by molar-refractivity contribution is -0.386. The summed E-state index contributed by atoms with van der Waals surface area (Å²) in [6.07, 6.45) is 4.20. The van der Waals surface area contributed by atoms with E-state index >= 15 is 0 Å². The van der Waals surface area contributed by atoms with E-state index in [4.69, 9.17) is 0 Å². The molecule has 1 heterocycles. The minimum Gasteiger partial charge on any atom is -0.310 e. The third-order valence-electron chi connectivity index (χ3n) is 3.86. The SMILES string of the molecule is Cc1cnc(CNCCN(C)C2CC2)c(C)c1[N+](=O)[O-]. The Balaban J connectivity index is 1.89. The highest BCUT2D eigenvalue weighted by Gasteiger charge is 2.25. The second-order valence-corrected chi connectivity index (χ2v) is 5.51. The number of hydrogen-bond donors (Lipinski definition) is 1. The fourth-order valence-electron chi connectivity index (χ4n) is 2.38. The molecule has 0 radical (unpaired) electrons. The molecule has 0 amide bonds. The van der Waals surface area contributed by atoms with Gasteiger partial charge in [0.25, 0.3) is 5.69 Å². The molecule has 0 spiro atoms. The fraction of sp³-hybridized carbons (Fsp3) is 0.643. The smallest absolute Gasteiger partial charge is 0.278 e. The van der Waals surface area contributed by atoms with Gasteiger partial charge in [-0.05, 0) is 33.7 Å². The summed E-state index contributed by atoms with van der Waals surface area (Å²) in [6, 6.07) is 0.761. The molecule has 0 saturated heterocycles. The van der Waals surface area contributed by atoms with Gasteiger partial charge in [0.1, 0.15) is 0 Å². The summed E-state index contributed by atoms with van der Waals surface area (Å²) in [4.78, 5) is 17.4. The average Bonchev–Trinajstić information content (AvgIpc) is 3.20. The van der Waals surface area contributed by atoms with Crippen LogP contribution in [0.25, 0.3) is 0 Å². The molecule has 1 aliphatic rings. The standard InChI is InChI=1S/C14H22N4O2/c1-10-8-16-13(11(2)14(10)18(19)20)9-15-6-7-17(3)12-4-5-12/h8,12,15H,4-7,9H2,1-3H3. The van der Waals surface area contributed by atoms with Crippen LogP contribution in [-0.2, 0) is 6.54 Å². The van der Waals surface area contributed by atoms with Crippen LogP contribution in [-0.4, -0.2) is 41.0 Å². The van der Waals surface area contributed by atoms with Gasteiger partial charge in [0.2, 0.25) is 0 Å². The second-order valence-electron chi connectivity index (χ2n) is 5.51. The van der Waals surface area contributed by atoms with Crippen molar-refractivity contribution in [3.05, 3.63) is 33.1 Å². The molecule has 1 aromatic rings. The van der Waals surface area contributed by atoms with Crippen LogP contribution in [0.15, 0.2) is 6.20 Å². The number of aryl methyl sites for hydroxylation is 1. The van der Waals surface area contributed by atoms with Crippen molar-refractivity contribution in [2.24, 2.45) is 0 Å². The molecule has 1 aromatic heterocycles. The molecule has 1 saturated carbocycles. The van der Waals surface area contributed by atoms with Gasteiger partial charge in [-0.15, -0.1) is 0 Å². The molecule has 0 aliphatic heterocycles. The molecular weight excluding hydrogens is 256 g/mol. The maximum absolute atomic E-state index is 11.0. The largest absolute Gasteiger partial charge is 0.310 e. The van der Waals surface area contributed by atoms with Crippen LogP contribution < -0.4 is 5.32 Å². The summed E-state index contributed by atoms with van der Waals surface area (Å²) >= 11 is 0. The maximum Gasteiger partial charge on any atom is 0.278 e. The fourth-order valence-corrected chi connectivity index (χ4v) is 2.38. The van der Waals surface area contributed by atoms with E-state index in [1.165, 1.54) is 12.8 Å². The monoisotopic (exact) mass is 278 g/mol. The first-order valence-corrected chi connectivity index (χ1v) is 7.01. The predicted octanol–water partition coefficient (Wildman–Crippen LogP) is 1.79. The summed E-state index contributed by atoms with van der Waals surface area (Å²) in [7, 11) is 2.14. The Morgan fingerprint density at radius 2 is 2.20 bits per heavy atom. The van der Waals surface area contributed by atoms with Crippen LogP contribution in [0, 0.1) is 24.0 Å². The van der Waals surface area contributed by atoms with Crippen molar-refractivity contribution in [3.63, 3.8) is 0 Å². The van der Waals surface area contributed by atoms with Gasteiger partial charge < -0.3 is 10.2 Å². The molecule has 0 unspecified atom stereocenters. The number of nitrogens with one attached hydrogen (secondary N) is 1. The van der Waals surface area contributed by atoms with Crippen molar-refractivity contribution in [1.82, 2.24) is 15.2 Å². The predicted molar refractivity (Wildman–Crippen MR) is 77.7 cm³/mol. The van der Waals surface area contributed by atoms with Gasteiger partial charge in [0, 0.05) is 43.0 Å². The summed E-state index contributed by atoms with van der Waals surface area (Å²) in [5.74, 6) is 0. The zero-order valence-electron chi connectivity index (χ0n) is 12.3. The number of hydrogen-bond acceptors (Lipinski definition) is 5. The van der Waals surface area contributed by atoms with Crippen molar-refractivity contribution in [2.45, 2.75) is 39.3 Å². The van der Waals surface area contributed by atoms with E-state index in [0.717, 1.165) is 24.8 Å². The first-order valence-electron chi connectivity index (χ1n) is 7.01. The van der Waals surface area contributed by atoms with Crippen LogP contribution in [0.4, 0.5) is 5.69 Å². The molecule has 6 nitrogen and oxygen atoms in total. The normalized spacial score (nSPS) is 14.8. The van der Waals surface area contributed by atoms with Crippen LogP contribution in [0.1, 0.15) is 29.7 Å². The Kier molecular flexibility index (Phi) is 4.67. The van der Waals surface area contributed by atoms with Crippen molar-refractivity contribution < 1.29 is 4.92 Å². The summed E-state index contributed by atoms with van der Waals surface area (Å²) in [5, 5.41) is 14.4. The minimum atomic E-state index is -0.323. The van der Waals surface area contributed by atoms with Gasteiger partial charge in [0.05, 0.1) is 10.6 Å². The molecule has 0 bridgehead atoms. The van der Waals surface area contributed by atoms with E-state index in [0.29, 0.717) is 17.7 Å². The lowest BCUT2D eigenvalue weighted by Gasteiger charge is -2.16. The minimum absolute atomic E-state index is 0.187. The Morgan fingerprint density at radius 3 is 2.80 bits per heavy atom. The molecule has 0 atom stereocenters. The highest BCUT2D eigenvalue weighted by atomic mass is 16.6. The first-order chi connectivity index (χ1) is 9.50. The number of likely N-dealkylation sites (N-methyl/N-ethyl adjacent to an activating group) is 1. The van der Waals surface area contributed by atoms with Gasteiger partial charge in [0.15, 0.2) is 0 Å². The lowest BCUT2D eigenvalue weighted by Crippen LogP contribution is -2.30. The molecule has 110 valence electrons. The molecule has 1 N–H and O–H groups in total. The van der Waals surface area contributed by atoms with Gasteiger partial charge in [-0.1, -0.05) is 0 Å². The summed E-state index contributed by atoms with van der Waals surface area (Å²) in [6.45, 7) is 5.93. The summed E-state index contributed by atoms with van der Waals surface area (Å²) < 4.78 is 0. The van der Waals surface area contributed by atoms with E-state index < -0.39 is 0 Å². The zero-order valence-corrected chi connectivity index (χ0v) is 12.3. The molecular formula is C14H22N4O2. The van der Waals surface area contributed by atoms with Gasteiger partial charge in [-0.2, -0.15) is 0 Å². The van der Waals surface area contributed by atoms with Crippen molar-refractivity contribution in [3.8, 4) is 0 Å². The lowest BCUT2D eigenvalue weighted by atomic mass is 10.1. The van der Waals surface area contributed by atoms with Crippen molar-refractivity contribution in [1.29, 1.82) is 0 Å². The number of rotatable bonds is 7. The Labute approximate surface area is 119 Å². The number of nitro groups is 1. The topological polar surface area (TPSA) is 71.3 Å². The molecule has 20 heavy (non-hydrogen) atoms. The Hall–Kier alpha value is -1.53. The molecule has 6 heteroatoms. The number of aromatic nitrogens is 1. The third kappa shape index (κ3) is 3.52. The quantitative estimate of drug-likeness (QED) is 0.468. The Bertz CT molecular complexity index is 500. The molecule has 1 fully saturated rings. The third-order valence-corrected chi connectivity index (χ3v) is 3.86. The number of pyridine rings is 1. The molecule has 1 aliphatic carbocycles. The van der Waals surface area contributed by atoms with Gasteiger partial charge >= 0.3 is 0 Å². The van der Waals surface area contributed by atoms with Crippen molar-refractivity contribution in [2.75, 3.05) is 20.1 Å². The molecule has 2 rings (SSSR count). The van der Waals surface area contributed by atoms with Crippen LogP contribution in [0.3, 0.4) is 0 Å². The Morgan fingerprint density at radius 1 is 1.50 bits per heavy atom. The van der Waals surface area contributed by atoms with Crippen LogP contribution in [0.5, 0.6) is 0 Å². The van der Waals surface area contributed by atoms with E-state index in [9.17, 15) is 10.1 Å². The van der Waals surface area contributed by atoms with E-state index in [-0.39, 0.29) is 10.6 Å². The second kappa shape index (κ2) is 6.28. The molecule has 0 aromatic carbocycles. The van der Waals surface area contributed by atoms with Crippen LogP contribution in [0.2, 0.25) is 0 Å². The van der Waals surface area contributed by atoms with Gasteiger partial charge in [-0.25, -0.2) is 0 Å². The highest BCUT2D eigenvalue weighted by Crippen LogP contribution is 2.25. The first kappa shape index (κ1) is 14.9. The van der Waals surface area contributed by atoms with Crippen molar-refractivity contribution >= 4 is 5.69 Å². The van der Waals surface area contributed by atoms with E-state index in [1.807, 2.05) is 0 Å². The summed E-state index contributed by atoms with van der Waals surface area (Å²) in [5.41, 5.74) is 2.23. The van der Waals surface area contributed by atoms with Gasteiger partial charge in [-0.3, -0.25) is 15.1 Å². The van der Waals surface area contributed by atoms with E-state index in [2.05, 4.69) is 22.2 Å². The average molecular weight is 278 g/mol. The van der Waals surface area contributed by atoms with E-state index in [1.54, 1.807) is 20.0 Å². The zero-order chi connectivity index (χ0) is 14.7.